The van der Waals surface area contributed by atoms with Crippen molar-refractivity contribution in [2.75, 3.05) is 13.1 Å². The molecule has 3 nitrogen and oxygen atoms in total. The van der Waals surface area contributed by atoms with Crippen LogP contribution in [-0.4, -0.2) is 28.3 Å². The number of para-hydroxylation sites is 2. The predicted octanol–water partition coefficient (Wildman–Crippen LogP) is 2.65. The highest BCUT2D eigenvalue weighted by Crippen LogP contribution is 2.22. The SMILES string of the molecule is CCNCC(C)Sc1nc2ccccc2[nH]1. The second-order valence-corrected chi connectivity index (χ2v) is 5.22. The molecule has 16 heavy (non-hydrogen) atoms. The number of H-pyrrole nitrogens is 1. The van der Waals surface area contributed by atoms with Crippen molar-refractivity contribution in [3.8, 4) is 0 Å². The Morgan fingerprint density at radius 2 is 2.25 bits per heavy atom. The third kappa shape index (κ3) is 2.77. The monoisotopic (exact) mass is 235 g/mol. The summed E-state index contributed by atoms with van der Waals surface area (Å²) >= 11 is 1.78. The van der Waals surface area contributed by atoms with Crippen molar-refractivity contribution in [1.29, 1.82) is 0 Å². The number of hydrogen-bond acceptors (Lipinski definition) is 3. The van der Waals surface area contributed by atoms with Gasteiger partial charge in [0.25, 0.3) is 0 Å². The van der Waals surface area contributed by atoms with Gasteiger partial charge in [-0.1, -0.05) is 37.7 Å². The van der Waals surface area contributed by atoms with Crippen LogP contribution >= 0.6 is 11.8 Å². The van der Waals surface area contributed by atoms with Gasteiger partial charge in [0.2, 0.25) is 0 Å². The van der Waals surface area contributed by atoms with Gasteiger partial charge in [-0.15, -0.1) is 0 Å². The zero-order valence-corrected chi connectivity index (χ0v) is 10.5. The third-order valence-corrected chi connectivity index (χ3v) is 3.35. The molecule has 0 radical (unpaired) electrons. The molecule has 1 heterocycles. The Bertz CT molecular complexity index is 419. The molecule has 1 aromatic heterocycles. The first-order valence-corrected chi connectivity index (χ1v) is 6.49. The number of rotatable bonds is 5. The highest BCUT2D eigenvalue weighted by atomic mass is 32.2. The van der Waals surface area contributed by atoms with E-state index in [0.717, 1.165) is 29.3 Å². The molecule has 0 spiro atoms. The predicted molar refractivity (Wildman–Crippen MR) is 70.0 cm³/mol. The zero-order chi connectivity index (χ0) is 11.4. The third-order valence-electron chi connectivity index (χ3n) is 2.36. The van der Waals surface area contributed by atoms with E-state index in [1.54, 1.807) is 11.8 Å². The van der Waals surface area contributed by atoms with Gasteiger partial charge in [-0.3, -0.25) is 0 Å². The molecule has 2 aromatic rings. The fraction of sp³-hybridized carbons (Fsp3) is 0.417. The van der Waals surface area contributed by atoms with Crippen molar-refractivity contribution in [2.45, 2.75) is 24.3 Å². The molecule has 0 aliphatic carbocycles. The lowest BCUT2D eigenvalue weighted by molar-refractivity contribution is 0.711. The molecule has 1 aromatic carbocycles. The highest BCUT2D eigenvalue weighted by molar-refractivity contribution is 7.99. The zero-order valence-electron chi connectivity index (χ0n) is 9.66. The number of hydrogen-bond donors (Lipinski definition) is 2. The van der Waals surface area contributed by atoms with E-state index in [0.29, 0.717) is 5.25 Å². The van der Waals surface area contributed by atoms with Crippen LogP contribution in [-0.2, 0) is 0 Å². The van der Waals surface area contributed by atoms with E-state index in [1.807, 2.05) is 18.2 Å². The minimum Gasteiger partial charge on any atom is -0.333 e. The fourth-order valence-corrected chi connectivity index (χ4v) is 2.47. The average molecular weight is 235 g/mol. The van der Waals surface area contributed by atoms with Crippen LogP contribution in [0.15, 0.2) is 29.4 Å². The highest BCUT2D eigenvalue weighted by Gasteiger charge is 2.07. The lowest BCUT2D eigenvalue weighted by Crippen LogP contribution is -2.22. The van der Waals surface area contributed by atoms with Crippen molar-refractivity contribution in [3.63, 3.8) is 0 Å². The minimum absolute atomic E-state index is 0.528. The number of imidazole rings is 1. The number of fused-ring (bicyclic) bond motifs is 1. The Labute approximate surface area is 100 Å². The van der Waals surface area contributed by atoms with E-state index in [4.69, 9.17) is 0 Å². The summed E-state index contributed by atoms with van der Waals surface area (Å²) < 4.78 is 0. The van der Waals surface area contributed by atoms with Gasteiger partial charge in [-0.25, -0.2) is 4.98 Å². The molecule has 1 unspecified atom stereocenters. The van der Waals surface area contributed by atoms with E-state index < -0.39 is 0 Å². The van der Waals surface area contributed by atoms with Crippen molar-refractivity contribution in [1.82, 2.24) is 15.3 Å². The van der Waals surface area contributed by atoms with Crippen molar-refractivity contribution < 1.29 is 0 Å². The van der Waals surface area contributed by atoms with E-state index in [1.165, 1.54) is 0 Å². The van der Waals surface area contributed by atoms with Crippen LogP contribution in [0.1, 0.15) is 13.8 Å². The summed E-state index contributed by atoms with van der Waals surface area (Å²) in [6, 6.07) is 8.13. The van der Waals surface area contributed by atoms with Gasteiger partial charge in [0, 0.05) is 11.8 Å². The standard InChI is InChI=1S/C12H17N3S/c1-3-13-8-9(2)16-12-14-10-6-4-5-7-11(10)15-12/h4-7,9,13H,3,8H2,1-2H3,(H,14,15). The Balaban J connectivity index is 2.03. The van der Waals surface area contributed by atoms with Gasteiger partial charge < -0.3 is 10.3 Å². The summed E-state index contributed by atoms with van der Waals surface area (Å²) in [5.74, 6) is 0. The number of thioether (sulfide) groups is 1. The molecule has 0 aliphatic rings. The van der Waals surface area contributed by atoms with Crippen molar-refractivity contribution in [2.24, 2.45) is 0 Å². The van der Waals surface area contributed by atoms with E-state index in [-0.39, 0.29) is 0 Å². The van der Waals surface area contributed by atoms with Gasteiger partial charge in [0.15, 0.2) is 5.16 Å². The van der Waals surface area contributed by atoms with Crippen LogP contribution in [0.4, 0.5) is 0 Å². The lowest BCUT2D eigenvalue weighted by atomic mass is 10.3. The molecule has 0 amide bonds. The summed E-state index contributed by atoms with van der Waals surface area (Å²) in [6.45, 7) is 6.36. The van der Waals surface area contributed by atoms with E-state index in [9.17, 15) is 0 Å². The minimum atomic E-state index is 0.528. The van der Waals surface area contributed by atoms with Gasteiger partial charge in [-0.2, -0.15) is 0 Å². The maximum absolute atomic E-state index is 4.54. The Kier molecular flexibility index (Phi) is 3.85. The van der Waals surface area contributed by atoms with Crippen LogP contribution in [0.5, 0.6) is 0 Å². The summed E-state index contributed by atoms with van der Waals surface area (Å²) in [4.78, 5) is 7.87. The Morgan fingerprint density at radius 1 is 1.44 bits per heavy atom. The second kappa shape index (κ2) is 5.37. The number of nitrogens with zero attached hydrogens (tertiary/aromatic N) is 1. The number of aromatic amines is 1. The smallest absolute Gasteiger partial charge is 0.166 e. The van der Waals surface area contributed by atoms with Crippen LogP contribution in [0.3, 0.4) is 0 Å². The lowest BCUT2D eigenvalue weighted by Gasteiger charge is -2.08. The second-order valence-electron chi connectivity index (χ2n) is 3.80. The summed E-state index contributed by atoms with van der Waals surface area (Å²) in [7, 11) is 0. The summed E-state index contributed by atoms with van der Waals surface area (Å²) in [5.41, 5.74) is 2.15. The number of nitrogens with one attached hydrogen (secondary N) is 2. The van der Waals surface area contributed by atoms with Gasteiger partial charge >= 0.3 is 0 Å². The molecular weight excluding hydrogens is 218 g/mol. The molecule has 0 aliphatic heterocycles. The van der Waals surface area contributed by atoms with Gasteiger partial charge in [0.05, 0.1) is 11.0 Å². The molecule has 0 bridgehead atoms. The molecule has 2 N–H and O–H groups in total. The maximum Gasteiger partial charge on any atom is 0.166 e. The number of benzene rings is 1. The molecule has 86 valence electrons. The molecule has 0 saturated carbocycles. The Morgan fingerprint density at radius 3 is 3.00 bits per heavy atom. The first-order chi connectivity index (χ1) is 7.79. The summed E-state index contributed by atoms with van der Waals surface area (Å²) in [5, 5.41) is 4.87. The molecular formula is C12H17N3S. The molecule has 1 atom stereocenters. The number of aromatic nitrogens is 2. The van der Waals surface area contributed by atoms with Gasteiger partial charge in [0.1, 0.15) is 0 Å². The maximum atomic E-state index is 4.54. The first kappa shape index (κ1) is 11.5. The molecule has 2 rings (SSSR count). The van der Waals surface area contributed by atoms with E-state index >= 15 is 0 Å². The van der Waals surface area contributed by atoms with Gasteiger partial charge in [-0.05, 0) is 18.7 Å². The average Bonchev–Trinajstić information content (AvgIpc) is 2.68. The van der Waals surface area contributed by atoms with Crippen molar-refractivity contribution >= 4 is 22.8 Å². The fourth-order valence-electron chi connectivity index (χ4n) is 1.57. The Hall–Kier alpha value is -1.00. The quantitative estimate of drug-likeness (QED) is 0.783. The summed E-state index contributed by atoms with van der Waals surface area (Å²) in [6.07, 6.45) is 0. The molecule has 0 fully saturated rings. The van der Waals surface area contributed by atoms with E-state index in [2.05, 4.69) is 35.2 Å². The van der Waals surface area contributed by atoms with Crippen LogP contribution in [0.25, 0.3) is 11.0 Å². The topological polar surface area (TPSA) is 40.7 Å². The first-order valence-electron chi connectivity index (χ1n) is 5.61. The van der Waals surface area contributed by atoms with Crippen LogP contribution < -0.4 is 5.32 Å². The van der Waals surface area contributed by atoms with Crippen LogP contribution in [0.2, 0.25) is 0 Å². The molecule has 4 heteroatoms. The van der Waals surface area contributed by atoms with Crippen LogP contribution in [0, 0.1) is 0 Å². The normalized spacial score (nSPS) is 13.1. The largest absolute Gasteiger partial charge is 0.333 e. The molecule has 0 saturated heterocycles. The van der Waals surface area contributed by atoms with Crippen molar-refractivity contribution in [3.05, 3.63) is 24.3 Å².